The van der Waals surface area contributed by atoms with Crippen molar-refractivity contribution in [3.05, 3.63) is 29.8 Å². The molecule has 114 valence electrons. The lowest BCUT2D eigenvalue weighted by Gasteiger charge is -2.31. The summed E-state index contributed by atoms with van der Waals surface area (Å²) in [4.78, 5) is 14.6. The molecule has 1 aromatic carbocycles. The third kappa shape index (κ3) is 3.56. The number of benzene rings is 1. The number of nitrogens with one attached hydrogen (secondary N) is 1. The molecule has 2 aliphatic heterocycles. The van der Waals surface area contributed by atoms with Gasteiger partial charge in [-0.3, -0.25) is 9.69 Å². The Morgan fingerprint density at radius 1 is 1.38 bits per heavy atom. The molecule has 0 spiro atoms. The van der Waals surface area contributed by atoms with Gasteiger partial charge in [0.15, 0.2) is 0 Å². The van der Waals surface area contributed by atoms with E-state index in [1.807, 2.05) is 24.3 Å². The second-order valence-electron chi connectivity index (χ2n) is 6.28. The summed E-state index contributed by atoms with van der Waals surface area (Å²) < 4.78 is 5.64. The SMILES string of the molecule is CC1CCCN(CC(=O)NC2CCOc3ccccc32)C1. The van der Waals surface area contributed by atoms with Gasteiger partial charge in [-0.25, -0.2) is 0 Å². The molecule has 3 rings (SSSR count). The first-order valence-corrected chi connectivity index (χ1v) is 7.96. The van der Waals surface area contributed by atoms with E-state index < -0.39 is 0 Å². The Morgan fingerprint density at radius 3 is 3.10 bits per heavy atom. The number of carbonyl (C=O) groups is 1. The first kappa shape index (κ1) is 14.4. The average Bonchev–Trinajstić information content (AvgIpc) is 2.47. The number of hydrogen-bond donors (Lipinski definition) is 1. The Hall–Kier alpha value is -1.55. The van der Waals surface area contributed by atoms with Crippen molar-refractivity contribution in [2.24, 2.45) is 5.92 Å². The molecule has 0 bridgehead atoms. The van der Waals surface area contributed by atoms with Gasteiger partial charge in [-0.1, -0.05) is 25.1 Å². The smallest absolute Gasteiger partial charge is 0.234 e. The zero-order valence-electron chi connectivity index (χ0n) is 12.7. The molecule has 2 atom stereocenters. The first-order valence-electron chi connectivity index (χ1n) is 7.96. The van der Waals surface area contributed by atoms with Crippen LogP contribution in [0.1, 0.15) is 37.8 Å². The molecule has 0 saturated carbocycles. The molecule has 4 nitrogen and oxygen atoms in total. The maximum Gasteiger partial charge on any atom is 0.234 e. The van der Waals surface area contributed by atoms with Crippen LogP contribution in [0, 0.1) is 5.92 Å². The number of fused-ring (bicyclic) bond motifs is 1. The molecule has 1 fully saturated rings. The maximum absolute atomic E-state index is 12.3. The molecular formula is C17H24N2O2. The van der Waals surface area contributed by atoms with Crippen LogP contribution in [-0.4, -0.2) is 37.0 Å². The van der Waals surface area contributed by atoms with Crippen LogP contribution in [0.5, 0.6) is 5.75 Å². The van der Waals surface area contributed by atoms with Crippen molar-refractivity contribution in [2.75, 3.05) is 26.2 Å². The number of hydrogen-bond acceptors (Lipinski definition) is 3. The van der Waals surface area contributed by atoms with Gasteiger partial charge < -0.3 is 10.1 Å². The highest BCUT2D eigenvalue weighted by Crippen LogP contribution is 2.31. The van der Waals surface area contributed by atoms with Crippen molar-refractivity contribution in [3.8, 4) is 5.75 Å². The summed E-state index contributed by atoms with van der Waals surface area (Å²) in [6, 6.07) is 8.07. The molecule has 4 heteroatoms. The predicted molar refractivity (Wildman–Crippen MR) is 82.3 cm³/mol. The van der Waals surface area contributed by atoms with Crippen molar-refractivity contribution < 1.29 is 9.53 Å². The van der Waals surface area contributed by atoms with Crippen LogP contribution in [0.3, 0.4) is 0 Å². The molecule has 2 aliphatic rings. The highest BCUT2D eigenvalue weighted by molar-refractivity contribution is 5.78. The number of ether oxygens (including phenoxy) is 1. The summed E-state index contributed by atoms with van der Waals surface area (Å²) in [5.74, 6) is 1.74. The molecule has 21 heavy (non-hydrogen) atoms. The largest absolute Gasteiger partial charge is 0.493 e. The van der Waals surface area contributed by atoms with Gasteiger partial charge in [0.2, 0.25) is 5.91 Å². The molecule has 2 unspecified atom stereocenters. The van der Waals surface area contributed by atoms with Gasteiger partial charge in [0.05, 0.1) is 19.2 Å². The highest BCUT2D eigenvalue weighted by atomic mass is 16.5. The minimum atomic E-state index is 0.0877. The fourth-order valence-electron chi connectivity index (χ4n) is 3.37. The van der Waals surface area contributed by atoms with Gasteiger partial charge in [-0.2, -0.15) is 0 Å². The van der Waals surface area contributed by atoms with Gasteiger partial charge in [0.25, 0.3) is 0 Å². The van der Waals surface area contributed by atoms with E-state index in [4.69, 9.17) is 4.74 Å². The molecule has 1 aromatic rings. The fraction of sp³-hybridized carbons (Fsp3) is 0.588. The van der Waals surface area contributed by atoms with Crippen LogP contribution in [0.2, 0.25) is 0 Å². The Kier molecular flexibility index (Phi) is 4.44. The van der Waals surface area contributed by atoms with E-state index in [1.165, 1.54) is 12.8 Å². The lowest BCUT2D eigenvalue weighted by Crippen LogP contribution is -2.43. The van der Waals surface area contributed by atoms with Crippen LogP contribution in [-0.2, 0) is 4.79 Å². The van der Waals surface area contributed by atoms with Crippen molar-refractivity contribution in [3.63, 3.8) is 0 Å². The van der Waals surface area contributed by atoms with E-state index >= 15 is 0 Å². The Bertz CT molecular complexity index is 503. The van der Waals surface area contributed by atoms with Crippen LogP contribution in [0.15, 0.2) is 24.3 Å². The monoisotopic (exact) mass is 288 g/mol. The Morgan fingerprint density at radius 2 is 2.24 bits per heavy atom. The second kappa shape index (κ2) is 6.48. The Labute approximate surface area is 126 Å². The fourth-order valence-corrected chi connectivity index (χ4v) is 3.37. The van der Waals surface area contributed by atoms with Crippen LogP contribution in [0.25, 0.3) is 0 Å². The standard InChI is InChI=1S/C17H24N2O2/c1-13-5-4-9-19(11-13)12-17(20)18-15-8-10-21-16-7-3-2-6-14(15)16/h2-3,6-7,13,15H,4-5,8-12H2,1H3,(H,18,20). The lowest BCUT2D eigenvalue weighted by atomic mass is 9.99. The van der Waals surface area contributed by atoms with Crippen molar-refractivity contribution in [1.29, 1.82) is 0 Å². The van der Waals surface area contributed by atoms with E-state index in [-0.39, 0.29) is 11.9 Å². The zero-order valence-corrected chi connectivity index (χ0v) is 12.7. The van der Waals surface area contributed by atoms with Gasteiger partial charge in [0.1, 0.15) is 5.75 Å². The minimum absolute atomic E-state index is 0.0877. The second-order valence-corrected chi connectivity index (χ2v) is 6.28. The summed E-state index contributed by atoms with van der Waals surface area (Å²) in [5, 5.41) is 3.18. The van der Waals surface area contributed by atoms with Gasteiger partial charge in [-0.05, 0) is 31.4 Å². The lowest BCUT2D eigenvalue weighted by molar-refractivity contribution is -0.123. The van der Waals surface area contributed by atoms with E-state index in [1.54, 1.807) is 0 Å². The van der Waals surface area contributed by atoms with Crippen molar-refractivity contribution in [1.82, 2.24) is 10.2 Å². The van der Waals surface area contributed by atoms with Gasteiger partial charge in [0, 0.05) is 18.5 Å². The molecular weight excluding hydrogens is 264 g/mol. The summed E-state index contributed by atoms with van der Waals surface area (Å²) in [6.45, 7) is 5.53. The average molecular weight is 288 g/mol. The number of carbonyl (C=O) groups excluding carboxylic acids is 1. The molecule has 1 saturated heterocycles. The van der Waals surface area contributed by atoms with Crippen LogP contribution >= 0.6 is 0 Å². The molecule has 1 amide bonds. The number of piperidine rings is 1. The normalized spacial score (nSPS) is 25.8. The van der Waals surface area contributed by atoms with E-state index in [0.717, 1.165) is 30.8 Å². The number of nitrogens with zero attached hydrogens (tertiary/aromatic N) is 1. The van der Waals surface area contributed by atoms with Crippen LogP contribution in [0.4, 0.5) is 0 Å². The highest BCUT2D eigenvalue weighted by Gasteiger charge is 2.24. The minimum Gasteiger partial charge on any atom is -0.493 e. The van der Waals surface area contributed by atoms with E-state index in [2.05, 4.69) is 17.1 Å². The van der Waals surface area contributed by atoms with Gasteiger partial charge >= 0.3 is 0 Å². The third-order valence-electron chi connectivity index (χ3n) is 4.40. The zero-order chi connectivity index (χ0) is 14.7. The topological polar surface area (TPSA) is 41.6 Å². The maximum atomic E-state index is 12.3. The summed E-state index contributed by atoms with van der Waals surface area (Å²) in [6.07, 6.45) is 3.33. The van der Waals surface area contributed by atoms with E-state index in [9.17, 15) is 4.79 Å². The number of para-hydroxylation sites is 1. The molecule has 1 N–H and O–H groups in total. The van der Waals surface area contributed by atoms with Crippen molar-refractivity contribution in [2.45, 2.75) is 32.2 Å². The molecule has 0 aromatic heterocycles. The first-order chi connectivity index (χ1) is 10.2. The quantitative estimate of drug-likeness (QED) is 0.928. The number of likely N-dealkylation sites (tertiary alicyclic amines) is 1. The number of amides is 1. The van der Waals surface area contributed by atoms with Crippen LogP contribution < -0.4 is 10.1 Å². The third-order valence-corrected chi connectivity index (χ3v) is 4.40. The summed E-state index contributed by atoms with van der Waals surface area (Å²) >= 11 is 0. The van der Waals surface area contributed by atoms with Crippen molar-refractivity contribution >= 4 is 5.91 Å². The number of rotatable bonds is 3. The predicted octanol–water partition coefficient (Wildman–Crippen LogP) is 2.36. The molecule has 0 radical (unpaired) electrons. The summed E-state index contributed by atoms with van der Waals surface area (Å²) in [5.41, 5.74) is 1.10. The summed E-state index contributed by atoms with van der Waals surface area (Å²) in [7, 11) is 0. The molecule has 0 aliphatic carbocycles. The molecule has 2 heterocycles. The van der Waals surface area contributed by atoms with E-state index in [0.29, 0.717) is 19.1 Å². The Balaban J connectivity index is 1.58. The van der Waals surface area contributed by atoms with Gasteiger partial charge in [-0.15, -0.1) is 0 Å².